The summed E-state index contributed by atoms with van der Waals surface area (Å²) in [5, 5.41) is 13.3. The van der Waals surface area contributed by atoms with Gasteiger partial charge in [-0.3, -0.25) is 0 Å². The maximum atomic E-state index is 9.83. The summed E-state index contributed by atoms with van der Waals surface area (Å²) in [6.07, 6.45) is 6.83. The van der Waals surface area contributed by atoms with Crippen LogP contribution in [0.15, 0.2) is 12.4 Å². The highest BCUT2D eigenvalue weighted by Gasteiger charge is 2.33. The van der Waals surface area contributed by atoms with E-state index in [4.69, 9.17) is 11.6 Å². The van der Waals surface area contributed by atoms with Crippen molar-refractivity contribution in [3.05, 3.63) is 17.5 Å². The van der Waals surface area contributed by atoms with Crippen molar-refractivity contribution in [2.45, 2.75) is 31.3 Å². The van der Waals surface area contributed by atoms with Gasteiger partial charge in [-0.1, -0.05) is 11.6 Å². The zero-order valence-electron chi connectivity index (χ0n) is 8.41. The molecule has 0 aliphatic heterocycles. The molecule has 1 heterocycles. The van der Waals surface area contributed by atoms with Gasteiger partial charge in [0.2, 0.25) is 0 Å². The van der Waals surface area contributed by atoms with E-state index in [0.717, 1.165) is 25.7 Å². The van der Waals surface area contributed by atoms with E-state index < -0.39 is 5.60 Å². The minimum atomic E-state index is -0.438. The largest absolute Gasteiger partial charge is 0.390 e. The molecule has 1 saturated carbocycles. The number of hydrogen-bond acceptors (Lipinski definition) is 4. The molecule has 0 saturated heterocycles. The van der Waals surface area contributed by atoms with Crippen LogP contribution in [0.1, 0.15) is 25.7 Å². The van der Waals surface area contributed by atoms with Crippen molar-refractivity contribution in [1.82, 2.24) is 9.97 Å². The van der Waals surface area contributed by atoms with E-state index in [1.807, 2.05) is 0 Å². The topological polar surface area (TPSA) is 58.0 Å². The van der Waals surface area contributed by atoms with Crippen LogP contribution in [0, 0.1) is 0 Å². The fourth-order valence-electron chi connectivity index (χ4n) is 1.66. The third-order valence-electron chi connectivity index (χ3n) is 2.80. The second-order valence-electron chi connectivity index (χ2n) is 3.98. The zero-order valence-corrected chi connectivity index (χ0v) is 9.17. The number of nitrogens with zero attached hydrogens (tertiary/aromatic N) is 2. The third-order valence-corrected chi connectivity index (χ3v) is 3.00. The first-order valence-corrected chi connectivity index (χ1v) is 5.50. The standard InChI is InChI=1S/C10H14ClN3O/c11-8-6-14-9(7-13-8)12-5-4-10(15)2-1-3-10/h6-7,15H,1-5H2,(H,12,14). The highest BCUT2D eigenvalue weighted by Crippen LogP contribution is 2.34. The SMILES string of the molecule is OC1(CCNc2cnc(Cl)cn2)CCC1. The van der Waals surface area contributed by atoms with Crippen molar-refractivity contribution in [3.8, 4) is 0 Å². The number of nitrogens with one attached hydrogen (secondary N) is 1. The number of hydrogen-bond donors (Lipinski definition) is 2. The van der Waals surface area contributed by atoms with Crippen molar-refractivity contribution < 1.29 is 5.11 Å². The van der Waals surface area contributed by atoms with Crippen LogP contribution in [0.2, 0.25) is 5.15 Å². The molecule has 82 valence electrons. The summed E-state index contributed by atoms with van der Waals surface area (Å²) in [6, 6.07) is 0. The molecule has 15 heavy (non-hydrogen) atoms. The van der Waals surface area contributed by atoms with Crippen LogP contribution >= 0.6 is 11.6 Å². The molecule has 0 unspecified atom stereocenters. The molecule has 5 heteroatoms. The van der Waals surface area contributed by atoms with Crippen LogP contribution in [-0.2, 0) is 0 Å². The molecule has 0 atom stereocenters. The molecule has 1 fully saturated rings. The monoisotopic (exact) mass is 227 g/mol. The van der Waals surface area contributed by atoms with E-state index in [0.29, 0.717) is 17.5 Å². The van der Waals surface area contributed by atoms with E-state index in [2.05, 4.69) is 15.3 Å². The van der Waals surface area contributed by atoms with Gasteiger partial charge < -0.3 is 10.4 Å². The number of halogens is 1. The lowest BCUT2D eigenvalue weighted by atomic mass is 9.78. The van der Waals surface area contributed by atoms with Crippen LogP contribution in [-0.4, -0.2) is 27.2 Å². The first kappa shape index (κ1) is 10.6. The van der Waals surface area contributed by atoms with Gasteiger partial charge in [-0.25, -0.2) is 9.97 Å². The summed E-state index contributed by atoms with van der Waals surface area (Å²) in [6.45, 7) is 0.715. The molecule has 4 nitrogen and oxygen atoms in total. The molecule has 0 amide bonds. The molecular formula is C10H14ClN3O. The van der Waals surface area contributed by atoms with Crippen molar-refractivity contribution in [1.29, 1.82) is 0 Å². The Hall–Kier alpha value is -0.870. The van der Waals surface area contributed by atoms with Crippen LogP contribution in [0.4, 0.5) is 5.82 Å². The number of rotatable bonds is 4. The summed E-state index contributed by atoms with van der Waals surface area (Å²) in [5.74, 6) is 0.697. The highest BCUT2D eigenvalue weighted by molar-refractivity contribution is 6.29. The molecule has 2 rings (SSSR count). The minimum Gasteiger partial charge on any atom is -0.390 e. The lowest BCUT2D eigenvalue weighted by molar-refractivity contribution is -0.0370. The Morgan fingerprint density at radius 3 is 2.73 bits per heavy atom. The normalized spacial score (nSPS) is 18.3. The Kier molecular flexibility index (Phi) is 3.07. The molecule has 1 aliphatic rings. The Balaban J connectivity index is 1.76. The van der Waals surface area contributed by atoms with Gasteiger partial charge in [0.15, 0.2) is 0 Å². The van der Waals surface area contributed by atoms with Gasteiger partial charge in [-0.2, -0.15) is 0 Å². The van der Waals surface area contributed by atoms with Crippen LogP contribution < -0.4 is 5.32 Å². The van der Waals surface area contributed by atoms with Gasteiger partial charge in [-0.15, -0.1) is 0 Å². The van der Waals surface area contributed by atoms with Gasteiger partial charge in [0.05, 0.1) is 18.0 Å². The van der Waals surface area contributed by atoms with E-state index in [9.17, 15) is 5.11 Å². The molecule has 1 aliphatic carbocycles. The lowest BCUT2D eigenvalue weighted by Gasteiger charge is -2.36. The van der Waals surface area contributed by atoms with Gasteiger partial charge in [0.1, 0.15) is 11.0 Å². The molecular weight excluding hydrogens is 214 g/mol. The second kappa shape index (κ2) is 4.33. The Morgan fingerprint density at radius 2 is 2.20 bits per heavy atom. The minimum absolute atomic E-state index is 0.387. The van der Waals surface area contributed by atoms with E-state index in [1.165, 1.54) is 6.20 Å². The van der Waals surface area contributed by atoms with Gasteiger partial charge in [0.25, 0.3) is 0 Å². The van der Waals surface area contributed by atoms with Crippen molar-refractivity contribution in [2.75, 3.05) is 11.9 Å². The Morgan fingerprint density at radius 1 is 1.40 bits per heavy atom. The fraction of sp³-hybridized carbons (Fsp3) is 0.600. The van der Waals surface area contributed by atoms with Crippen molar-refractivity contribution >= 4 is 17.4 Å². The maximum absolute atomic E-state index is 9.83. The zero-order chi connectivity index (χ0) is 10.7. The predicted molar refractivity (Wildman–Crippen MR) is 58.9 cm³/mol. The molecule has 2 N–H and O–H groups in total. The molecule has 0 aromatic carbocycles. The molecule has 1 aromatic heterocycles. The second-order valence-corrected chi connectivity index (χ2v) is 4.37. The fourth-order valence-corrected chi connectivity index (χ4v) is 1.76. The first-order valence-electron chi connectivity index (χ1n) is 5.12. The summed E-state index contributed by atoms with van der Waals surface area (Å²) >= 11 is 5.61. The van der Waals surface area contributed by atoms with Gasteiger partial charge in [0, 0.05) is 6.54 Å². The first-order chi connectivity index (χ1) is 7.18. The van der Waals surface area contributed by atoms with Gasteiger partial charge in [-0.05, 0) is 25.7 Å². The average molecular weight is 228 g/mol. The average Bonchev–Trinajstić information content (AvgIpc) is 2.19. The van der Waals surface area contributed by atoms with Crippen LogP contribution in [0.5, 0.6) is 0 Å². The van der Waals surface area contributed by atoms with E-state index in [-0.39, 0.29) is 0 Å². The maximum Gasteiger partial charge on any atom is 0.147 e. The smallest absolute Gasteiger partial charge is 0.147 e. The van der Waals surface area contributed by atoms with Crippen molar-refractivity contribution in [3.63, 3.8) is 0 Å². The summed E-state index contributed by atoms with van der Waals surface area (Å²) in [4.78, 5) is 7.96. The summed E-state index contributed by atoms with van der Waals surface area (Å²) in [5.41, 5.74) is -0.438. The van der Waals surface area contributed by atoms with Gasteiger partial charge >= 0.3 is 0 Å². The summed E-state index contributed by atoms with van der Waals surface area (Å²) < 4.78 is 0. The van der Waals surface area contributed by atoms with Crippen LogP contribution in [0.3, 0.4) is 0 Å². The number of aromatic nitrogens is 2. The highest BCUT2D eigenvalue weighted by atomic mass is 35.5. The Labute approximate surface area is 93.7 Å². The molecule has 0 spiro atoms. The third kappa shape index (κ3) is 2.79. The number of anilines is 1. The Bertz CT molecular complexity index is 324. The van der Waals surface area contributed by atoms with Crippen molar-refractivity contribution in [2.24, 2.45) is 0 Å². The molecule has 1 aromatic rings. The lowest BCUT2D eigenvalue weighted by Crippen LogP contribution is -2.38. The van der Waals surface area contributed by atoms with Crippen LogP contribution in [0.25, 0.3) is 0 Å². The van der Waals surface area contributed by atoms with E-state index in [1.54, 1.807) is 6.20 Å². The predicted octanol–water partition coefficient (Wildman–Crippen LogP) is 1.85. The number of aliphatic hydroxyl groups is 1. The quantitative estimate of drug-likeness (QED) is 0.824. The molecule has 0 radical (unpaired) electrons. The molecule has 0 bridgehead atoms. The van der Waals surface area contributed by atoms with E-state index >= 15 is 0 Å². The summed E-state index contributed by atoms with van der Waals surface area (Å²) in [7, 11) is 0.